The lowest BCUT2D eigenvalue weighted by Crippen LogP contribution is -2.62. The lowest BCUT2D eigenvalue weighted by atomic mass is 9.75. The molecule has 156 valence electrons. The number of ether oxygens (including phenoxy) is 1. The molecule has 1 unspecified atom stereocenters. The molecule has 0 aliphatic carbocycles. The van der Waals surface area contributed by atoms with Gasteiger partial charge in [0.15, 0.2) is 0 Å². The number of nitrogens with two attached hydrogens (primary N) is 1. The quantitative estimate of drug-likeness (QED) is 0.642. The molecular weight excluding hydrogens is 378 g/mol. The molecule has 2 aliphatic heterocycles. The molecule has 0 bridgehead atoms. The van der Waals surface area contributed by atoms with Crippen LogP contribution in [0.2, 0.25) is 0 Å². The molecule has 1 amide bonds. The minimum atomic E-state index is -0.304. The minimum absolute atomic E-state index is 0.0697. The number of anilines is 2. The molecule has 2 fully saturated rings. The highest BCUT2D eigenvalue weighted by molar-refractivity contribution is 6.08. The maximum absolute atomic E-state index is 13.5. The average molecular weight is 406 g/mol. The smallest absolute Gasteiger partial charge is 0.250 e. The van der Waals surface area contributed by atoms with Gasteiger partial charge in [0.05, 0.1) is 7.11 Å². The zero-order valence-electron chi connectivity index (χ0n) is 17.3. The molecule has 0 aromatic heterocycles. The van der Waals surface area contributed by atoms with Crippen LogP contribution in [0.5, 0.6) is 5.75 Å². The first-order valence-electron chi connectivity index (χ1n) is 9.93. The van der Waals surface area contributed by atoms with Crippen molar-refractivity contribution in [3.8, 4) is 5.75 Å². The third-order valence-electron chi connectivity index (χ3n) is 6.00. The van der Waals surface area contributed by atoms with Crippen molar-refractivity contribution in [3.63, 3.8) is 0 Å². The first kappa shape index (κ1) is 20.0. The van der Waals surface area contributed by atoms with Crippen LogP contribution in [0.25, 0.3) is 5.57 Å². The van der Waals surface area contributed by atoms with E-state index in [1.54, 1.807) is 7.11 Å². The summed E-state index contributed by atoms with van der Waals surface area (Å²) in [7, 11) is 3.71. The Balaban J connectivity index is 1.60. The monoisotopic (exact) mass is 405 g/mol. The molecule has 0 saturated carbocycles. The average Bonchev–Trinajstić information content (AvgIpc) is 3.02. The van der Waals surface area contributed by atoms with Crippen LogP contribution in [-0.2, 0) is 4.79 Å². The van der Waals surface area contributed by atoms with Crippen molar-refractivity contribution >= 4 is 29.1 Å². The van der Waals surface area contributed by atoms with Crippen molar-refractivity contribution < 1.29 is 9.53 Å². The number of rotatable bonds is 6. The fourth-order valence-corrected chi connectivity index (χ4v) is 4.59. The number of hydrogen-bond donors (Lipinski definition) is 3. The van der Waals surface area contributed by atoms with E-state index >= 15 is 0 Å². The van der Waals surface area contributed by atoms with Gasteiger partial charge in [-0.25, -0.2) is 0 Å². The van der Waals surface area contributed by atoms with Crippen molar-refractivity contribution in [2.24, 2.45) is 11.1 Å². The van der Waals surface area contributed by atoms with Gasteiger partial charge in [-0.1, -0.05) is 18.2 Å². The Bertz CT molecular complexity index is 979. The second kappa shape index (κ2) is 7.84. The number of allylic oxidation sites excluding steroid dienone is 1. The maximum atomic E-state index is 13.5. The SMILES string of the molecule is COc1cccc(NC2C(=O)N(c3ccc(/C(C=N)=C/N)cc3)CC23CN(C)C3)c1. The topological polar surface area (TPSA) is 94.7 Å². The molecular formula is C23H27N5O2. The summed E-state index contributed by atoms with van der Waals surface area (Å²) in [6.45, 7) is 2.40. The fourth-order valence-electron chi connectivity index (χ4n) is 4.59. The molecule has 30 heavy (non-hydrogen) atoms. The van der Waals surface area contributed by atoms with Gasteiger partial charge < -0.3 is 31.0 Å². The number of methoxy groups -OCH3 is 1. The van der Waals surface area contributed by atoms with Gasteiger partial charge in [0.1, 0.15) is 11.8 Å². The third-order valence-corrected chi connectivity index (χ3v) is 6.00. The van der Waals surface area contributed by atoms with Gasteiger partial charge in [-0.3, -0.25) is 4.79 Å². The summed E-state index contributed by atoms with van der Waals surface area (Å²) in [5.41, 5.74) is 8.68. The van der Waals surface area contributed by atoms with Crippen LogP contribution in [0.1, 0.15) is 5.56 Å². The third kappa shape index (κ3) is 3.41. The van der Waals surface area contributed by atoms with Gasteiger partial charge in [-0.05, 0) is 36.9 Å². The molecule has 0 radical (unpaired) electrons. The predicted molar refractivity (Wildman–Crippen MR) is 120 cm³/mol. The van der Waals surface area contributed by atoms with Crippen molar-refractivity contribution in [3.05, 3.63) is 60.3 Å². The van der Waals surface area contributed by atoms with E-state index in [2.05, 4.69) is 17.3 Å². The fraction of sp³-hybridized carbons (Fsp3) is 0.304. The Kier molecular flexibility index (Phi) is 5.22. The molecule has 4 N–H and O–H groups in total. The number of carbonyl (C=O) groups excluding carboxylic acids is 1. The van der Waals surface area contributed by atoms with Crippen molar-refractivity contribution in [2.45, 2.75) is 6.04 Å². The number of hydrogen-bond acceptors (Lipinski definition) is 6. The van der Waals surface area contributed by atoms with Gasteiger partial charge in [-0.15, -0.1) is 0 Å². The Morgan fingerprint density at radius 3 is 2.57 bits per heavy atom. The highest BCUT2D eigenvalue weighted by Gasteiger charge is 2.58. The largest absolute Gasteiger partial charge is 0.497 e. The van der Waals surface area contributed by atoms with Crippen molar-refractivity contribution in [2.75, 3.05) is 44.0 Å². The van der Waals surface area contributed by atoms with E-state index in [0.29, 0.717) is 12.1 Å². The van der Waals surface area contributed by atoms with E-state index in [1.807, 2.05) is 53.4 Å². The number of likely N-dealkylation sites (tertiary alicyclic amines) is 1. The molecule has 7 heteroatoms. The molecule has 2 aromatic rings. The van der Waals surface area contributed by atoms with E-state index in [0.717, 1.165) is 35.8 Å². The zero-order valence-corrected chi connectivity index (χ0v) is 17.3. The minimum Gasteiger partial charge on any atom is -0.497 e. The summed E-state index contributed by atoms with van der Waals surface area (Å²) < 4.78 is 5.32. The van der Waals surface area contributed by atoms with E-state index < -0.39 is 0 Å². The second-order valence-corrected chi connectivity index (χ2v) is 8.08. The van der Waals surface area contributed by atoms with Crippen LogP contribution in [0.3, 0.4) is 0 Å². The summed E-state index contributed by atoms with van der Waals surface area (Å²) in [6.07, 6.45) is 2.64. The van der Waals surface area contributed by atoms with Gasteiger partial charge >= 0.3 is 0 Å². The van der Waals surface area contributed by atoms with Crippen LogP contribution in [0.15, 0.2) is 54.7 Å². The zero-order chi connectivity index (χ0) is 21.3. The Morgan fingerprint density at radius 1 is 1.23 bits per heavy atom. The highest BCUT2D eigenvalue weighted by atomic mass is 16.5. The van der Waals surface area contributed by atoms with E-state index in [-0.39, 0.29) is 17.4 Å². The molecule has 2 aliphatic rings. The number of carbonyl (C=O) groups is 1. The summed E-state index contributed by atoms with van der Waals surface area (Å²) >= 11 is 0. The number of nitrogens with zero attached hydrogens (tertiary/aromatic N) is 2. The molecule has 2 heterocycles. The van der Waals surface area contributed by atoms with E-state index in [9.17, 15) is 4.79 Å². The lowest BCUT2D eigenvalue weighted by Gasteiger charge is -2.48. The van der Waals surface area contributed by atoms with Gasteiger partial charge in [0, 0.05) is 60.5 Å². The predicted octanol–water partition coefficient (Wildman–Crippen LogP) is 2.40. The second-order valence-electron chi connectivity index (χ2n) is 8.08. The van der Waals surface area contributed by atoms with Crippen molar-refractivity contribution in [1.29, 1.82) is 5.41 Å². The standard InChI is InChI=1S/C23H27N5O2/c1-27-13-23(14-27)15-28(19-8-6-16(7-9-19)17(11-24)12-25)22(29)21(23)26-18-4-3-5-20(10-18)30-2/h3-12,21,24,26H,13-15,25H2,1-2H3/b17-12+,24-11?. The number of amides is 1. The van der Waals surface area contributed by atoms with Gasteiger partial charge in [0.25, 0.3) is 0 Å². The van der Waals surface area contributed by atoms with Crippen LogP contribution < -0.4 is 20.7 Å². The lowest BCUT2D eigenvalue weighted by molar-refractivity contribution is -0.119. The van der Waals surface area contributed by atoms with Crippen molar-refractivity contribution in [1.82, 2.24) is 4.90 Å². The van der Waals surface area contributed by atoms with Crippen LogP contribution in [0, 0.1) is 10.8 Å². The Hall–Kier alpha value is -3.32. The van der Waals surface area contributed by atoms with Crippen LogP contribution in [-0.4, -0.2) is 56.9 Å². The van der Waals surface area contributed by atoms with E-state index in [4.69, 9.17) is 15.9 Å². The summed E-state index contributed by atoms with van der Waals surface area (Å²) in [6, 6.07) is 15.0. The molecule has 4 rings (SSSR count). The maximum Gasteiger partial charge on any atom is 0.250 e. The molecule has 2 saturated heterocycles. The number of benzene rings is 2. The van der Waals surface area contributed by atoms with E-state index in [1.165, 1.54) is 12.4 Å². The Labute approximate surface area is 176 Å². The van der Waals surface area contributed by atoms with Gasteiger partial charge in [0.2, 0.25) is 5.91 Å². The van der Waals surface area contributed by atoms with Crippen LogP contribution >= 0.6 is 0 Å². The first-order valence-corrected chi connectivity index (χ1v) is 9.93. The summed E-state index contributed by atoms with van der Waals surface area (Å²) in [5.74, 6) is 0.827. The van der Waals surface area contributed by atoms with Gasteiger partial charge in [-0.2, -0.15) is 0 Å². The molecule has 7 nitrogen and oxygen atoms in total. The molecule has 1 spiro atoms. The first-order chi connectivity index (χ1) is 14.5. The highest BCUT2D eigenvalue weighted by Crippen LogP contribution is 2.43. The molecule has 2 aromatic carbocycles. The number of nitrogens with one attached hydrogen (secondary N) is 2. The molecule has 1 atom stereocenters. The van der Waals surface area contributed by atoms with Crippen LogP contribution in [0.4, 0.5) is 11.4 Å². The summed E-state index contributed by atoms with van der Waals surface area (Å²) in [4.78, 5) is 17.6. The summed E-state index contributed by atoms with van der Waals surface area (Å²) in [5, 5.41) is 10.9. The Morgan fingerprint density at radius 2 is 1.97 bits per heavy atom. The normalized spacial score (nSPS) is 20.9.